The number of aliphatic imine (C=N–C) groups is 2. The molecule has 0 spiro atoms. The van der Waals surface area contributed by atoms with Gasteiger partial charge in [0.05, 0.1) is 6.20 Å². The van der Waals surface area contributed by atoms with E-state index in [0.29, 0.717) is 11.5 Å². The Balaban J connectivity index is 1.92. The zero-order chi connectivity index (χ0) is 16.2. The fraction of sp³-hybridized carbons (Fsp3) is 0.0556. The lowest BCUT2D eigenvalue weighted by molar-refractivity contribution is 0.533. The highest BCUT2D eigenvalue weighted by atomic mass is 15.3. The molecule has 4 rings (SSSR count). The fourth-order valence-corrected chi connectivity index (χ4v) is 2.60. The molecule has 6 heteroatoms. The van der Waals surface area contributed by atoms with Crippen LogP contribution in [0.2, 0.25) is 0 Å². The Morgan fingerprint density at radius 1 is 0.875 bits per heavy atom. The molecule has 1 aliphatic heterocycles. The third kappa shape index (κ3) is 2.44. The van der Waals surface area contributed by atoms with E-state index >= 15 is 0 Å². The van der Waals surface area contributed by atoms with Crippen LogP contribution in [0.25, 0.3) is 0 Å². The highest BCUT2D eigenvalue weighted by Gasteiger charge is 2.37. The van der Waals surface area contributed by atoms with Crippen LogP contribution in [0.3, 0.4) is 0 Å². The molecule has 2 heterocycles. The lowest BCUT2D eigenvalue weighted by Crippen LogP contribution is -2.37. The second kappa shape index (κ2) is 6.00. The summed E-state index contributed by atoms with van der Waals surface area (Å²) in [6, 6.07) is 21.4. The maximum atomic E-state index is 4.87. The van der Waals surface area contributed by atoms with Crippen LogP contribution in [0.1, 0.15) is 16.8 Å². The molecule has 1 aromatic heterocycles. The summed E-state index contributed by atoms with van der Waals surface area (Å²) in [5, 5.41) is 14.7. The topological polar surface area (TPSA) is 75.4 Å². The maximum Gasteiger partial charge on any atom is 0.224 e. The van der Waals surface area contributed by atoms with Gasteiger partial charge in [-0.2, -0.15) is 0 Å². The van der Waals surface area contributed by atoms with E-state index in [0.717, 1.165) is 11.1 Å². The average molecular weight is 313 g/mol. The SMILES string of the molecule is [C]1=NC(c2ccccc2)(c2ccnnn2)N=C(c2ccccc2)N1. The minimum atomic E-state index is -1.03. The molecular formula is C18H13N6. The molecule has 0 saturated carbocycles. The Bertz CT molecular complexity index is 836. The quantitative estimate of drug-likeness (QED) is 0.803. The van der Waals surface area contributed by atoms with Gasteiger partial charge in [0, 0.05) is 11.1 Å². The van der Waals surface area contributed by atoms with Crippen LogP contribution in [0.15, 0.2) is 82.9 Å². The second-order valence-electron chi connectivity index (χ2n) is 5.22. The van der Waals surface area contributed by atoms with E-state index < -0.39 is 5.66 Å². The van der Waals surface area contributed by atoms with Gasteiger partial charge in [0.15, 0.2) is 6.34 Å². The number of nitrogens with one attached hydrogen (secondary N) is 1. The van der Waals surface area contributed by atoms with Gasteiger partial charge in [0.25, 0.3) is 0 Å². The van der Waals surface area contributed by atoms with Gasteiger partial charge in [0.1, 0.15) is 11.5 Å². The van der Waals surface area contributed by atoms with Crippen LogP contribution in [0, 0.1) is 0 Å². The largest absolute Gasteiger partial charge is 0.322 e. The van der Waals surface area contributed by atoms with Gasteiger partial charge < -0.3 is 5.32 Å². The predicted octanol–water partition coefficient (Wildman–Crippen LogP) is 2.03. The summed E-state index contributed by atoms with van der Waals surface area (Å²) in [4.78, 5) is 9.37. The summed E-state index contributed by atoms with van der Waals surface area (Å²) in [5.74, 6) is 0.674. The number of benzene rings is 2. The number of nitrogens with zero attached hydrogens (tertiary/aromatic N) is 5. The Kier molecular flexibility index (Phi) is 3.55. The third-order valence-electron chi connectivity index (χ3n) is 3.75. The van der Waals surface area contributed by atoms with Gasteiger partial charge in [-0.15, -0.1) is 10.2 Å². The zero-order valence-corrected chi connectivity index (χ0v) is 12.7. The molecule has 0 saturated heterocycles. The van der Waals surface area contributed by atoms with Crippen LogP contribution in [-0.2, 0) is 5.66 Å². The summed E-state index contributed by atoms with van der Waals surface area (Å²) < 4.78 is 0. The van der Waals surface area contributed by atoms with E-state index in [-0.39, 0.29) is 0 Å². The van der Waals surface area contributed by atoms with Crippen LogP contribution < -0.4 is 5.32 Å². The van der Waals surface area contributed by atoms with Crippen molar-refractivity contribution in [3.63, 3.8) is 0 Å². The molecule has 0 amide bonds. The molecule has 1 atom stereocenters. The highest BCUT2D eigenvalue weighted by Crippen LogP contribution is 2.35. The van der Waals surface area contributed by atoms with Crippen molar-refractivity contribution in [3.05, 3.63) is 89.7 Å². The number of rotatable bonds is 3. The second-order valence-corrected chi connectivity index (χ2v) is 5.22. The number of aromatic nitrogens is 3. The normalized spacial score (nSPS) is 19.4. The Labute approximate surface area is 139 Å². The van der Waals surface area contributed by atoms with E-state index in [1.165, 1.54) is 0 Å². The summed E-state index contributed by atoms with van der Waals surface area (Å²) in [6.45, 7) is 0. The molecule has 115 valence electrons. The fourth-order valence-electron chi connectivity index (χ4n) is 2.60. The molecule has 24 heavy (non-hydrogen) atoms. The molecule has 3 aromatic rings. The molecule has 0 bridgehead atoms. The Hall–Kier alpha value is -3.41. The van der Waals surface area contributed by atoms with Crippen molar-refractivity contribution in [2.75, 3.05) is 0 Å². The van der Waals surface area contributed by atoms with Crippen molar-refractivity contribution >= 4 is 12.2 Å². The van der Waals surface area contributed by atoms with Crippen LogP contribution in [-0.4, -0.2) is 27.6 Å². The molecule has 0 aliphatic carbocycles. The molecule has 1 unspecified atom stereocenters. The van der Waals surface area contributed by atoms with Crippen LogP contribution in [0.5, 0.6) is 0 Å². The van der Waals surface area contributed by atoms with E-state index in [9.17, 15) is 0 Å². The molecule has 1 N–H and O–H groups in total. The molecule has 1 aliphatic rings. The number of hydrogen-bond acceptors (Lipinski definition) is 6. The van der Waals surface area contributed by atoms with Gasteiger partial charge in [-0.1, -0.05) is 60.7 Å². The van der Waals surface area contributed by atoms with Gasteiger partial charge in [0.2, 0.25) is 5.66 Å². The molecule has 6 nitrogen and oxygen atoms in total. The van der Waals surface area contributed by atoms with Gasteiger partial charge >= 0.3 is 0 Å². The molecule has 2 aromatic carbocycles. The van der Waals surface area contributed by atoms with E-state index in [1.54, 1.807) is 12.3 Å². The third-order valence-corrected chi connectivity index (χ3v) is 3.75. The first-order valence-electron chi connectivity index (χ1n) is 7.47. The van der Waals surface area contributed by atoms with Crippen LogP contribution >= 0.6 is 0 Å². The van der Waals surface area contributed by atoms with Crippen molar-refractivity contribution < 1.29 is 0 Å². The van der Waals surface area contributed by atoms with E-state index in [1.807, 2.05) is 60.7 Å². The van der Waals surface area contributed by atoms with Crippen molar-refractivity contribution in [1.82, 2.24) is 20.7 Å². The minimum absolute atomic E-state index is 0.589. The molecule has 1 radical (unpaired) electrons. The smallest absolute Gasteiger partial charge is 0.224 e. The first-order valence-corrected chi connectivity index (χ1v) is 7.47. The number of amidine groups is 1. The highest BCUT2D eigenvalue weighted by molar-refractivity contribution is 6.05. The molecule has 0 fully saturated rings. The van der Waals surface area contributed by atoms with Crippen molar-refractivity contribution in [2.24, 2.45) is 9.98 Å². The summed E-state index contributed by atoms with van der Waals surface area (Å²) >= 11 is 0. The van der Waals surface area contributed by atoms with Crippen molar-refractivity contribution in [3.8, 4) is 0 Å². The monoisotopic (exact) mass is 313 g/mol. The van der Waals surface area contributed by atoms with E-state index in [2.05, 4.69) is 32.1 Å². The van der Waals surface area contributed by atoms with Crippen LogP contribution in [0.4, 0.5) is 0 Å². The Morgan fingerprint density at radius 2 is 1.62 bits per heavy atom. The number of hydrogen-bond donors (Lipinski definition) is 1. The standard InChI is InChI=1S/C18H13N6/c1-3-7-14(8-4-1)17-19-13-20-18(22-17,15-9-5-2-6-10-15)16-11-12-21-24-23-16/h1-12H,(H,19,20,22). The summed E-state index contributed by atoms with van der Waals surface area (Å²) in [6.07, 6.45) is 4.46. The summed E-state index contributed by atoms with van der Waals surface area (Å²) in [7, 11) is 0. The predicted molar refractivity (Wildman–Crippen MR) is 90.6 cm³/mol. The molecular weight excluding hydrogens is 300 g/mol. The lowest BCUT2D eigenvalue weighted by Gasteiger charge is -2.28. The van der Waals surface area contributed by atoms with Gasteiger partial charge in [-0.3, -0.25) is 0 Å². The van der Waals surface area contributed by atoms with Gasteiger partial charge in [-0.05, 0) is 11.3 Å². The van der Waals surface area contributed by atoms with Crippen molar-refractivity contribution in [1.29, 1.82) is 0 Å². The van der Waals surface area contributed by atoms with Gasteiger partial charge in [-0.25, -0.2) is 9.98 Å². The Morgan fingerprint density at radius 3 is 2.33 bits per heavy atom. The first-order chi connectivity index (χ1) is 11.9. The van der Waals surface area contributed by atoms with Crippen molar-refractivity contribution in [2.45, 2.75) is 5.66 Å². The van der Waals surface area contributed by atoms with E-state index in [4.69, 9.17) is 4.99 Å². The zero-order valence-electron chi connectivity index (χ0n) is 12.7. The maximum absolute atomic E-state index is 4.87. The summed E-state index contributed by atoms with van der Waals surface area (Å²) in [5.41, 5.74) is 1.38. The minimum Gasteiger partial charge on any atom is -0.322 e. The average Bonchev–Trinajstić information content (AvgIpc) is 2.70. The first kappa shape index (κ1) is 14.2. The lowest BCUT2D eigenvalue weighted by atomic mass is 9.96.